The second-order valence-electron chi connectivity index (χ2n) is 1.87. The van der Waals surface area contributed by atoms with Gasteiger partial charge in [0.2, 0.25) is 6.41 Å². The highest BCUT2D eigenvalue weighted by atomic mass is 16.8. The average Bonchev–Trinajstić information content (AvgIpc) is 1.88. The number of aliphatic hydroxyl groups excluding tert-OH is 2. The third-order valence-corrected chi connectivity index (χ3v) is 1.07. The highest BCUT2D eigenvalue weighted by molar-refractivity contribution is 4.59. The molecule has 1 aliphatic heterocycles. The second kappa shape index (κ2) is 3.24. The zero-order chi connectivity index (χ0) is 7.56. The molecule has 1 rings (SSSR count). The molecule has 0 aromatic heterocycles. The number of nitrogens with one attached hydrogen (secondary N) is 1. The average molecular weight is 151 g/mol. The van der Waals surface area contributed by atoms with Crippen molar-refractivity contribution in [3.8, 4) is 0 Å². The van der Waals surface area contributed by atoms with E-state index < -0.39 is 18.8 Å². The molecule has 0 aromatic carbocycles. The van der Waals surface area contributed by atoms with E-state index in [0.29, 0.717) is 0 Å². The van der Waals surface area contributed by atoms with E-state index in [1.807, 2.05) is 5.48 Å². The molecule has 60 valence electrons. The number of hydrogen-bond donors (Lipinski definition) is 4. The topological polar surface area (TPSA) is 91.2 Å². The van der Waals surface area contributed by atoms with Gasteiger partial charge in [0.05, 0.1) is 6.61 Å². The van der Waals surface area contributed by atoms with Crippen LogP contribution in [0.1, 0.15) is 0 Å². The highest BCUT2D eigenvalue weighted by Gasteiger charge is 2.25. The minimum Gasteiger partial charge on any atom is -0.366 e. The van der Waals surface area contributed by atoms with Crippen molar-refractivity contribution in [2.24, 2.45) is 0 Å². The zero-order valence-electron chi connectivity index (χ0n) is 5.10. The number of hydrogen-bond acceptors (Lipinski definition) is 6. The van der Waals surface area contributed by atoms with Crippen molar-refractivity contribution in [1.82, 2.24) is 5.48 Å². The van der Waals surface area contributed by atoms with Crippen molar-refractivity contribution < 1.29 is 24.9 Å². The number of aliphatic hydroxyl groups is 3. The predicted octanol–water partition coefficient (Wildman–Crippen LogP) is -2.51. The van der Waals surface area contributed by atoms with Gasteiger partial charge in [0.25, 0.3) is 0 Å². The molecule has 0 spiro atoms. The molecule has 0 saturated carbocycles. The van der Waals surface area contributed by atoms with Gasteiger partial charge in [-0.3, -0.25) is 4.84 Å². The first-order valence-electron chi connectivity index (χ1n) is 2.77. The Balaban J connectivity index is 2.26. The van der Waals surface area contributed by atoms with Gasteiger partial charge >= 0.3 is 0 Å². The van der Waals surface area contributed by atoms with Gasteiger partial charge in [0, 0.05) is 0 Å². The second-order valence-corrected chi connectivity index (χ2v) is 1.87. The van der Waals surface area contributed by atoms with Crippen LogP contribution in [0.15, 0.2) is 0 Å². The quantitative estimate of drug-likeness (QED) is 0.309. The molecule has 6 heteroatoms. The first-order chi connectivity index (χ1) is 4.70. The summed E-state index contributed by atoms with van der Waals surface area (Å²) < 4.78 is 4.55. The van der Waals surface area contributed by atoms with Crippen LogP contribution in [-0.4, -0.2) is 40.7 Å². The summed E-state index contributed by atoms with van der Waals surface area (Å²) in [6.07, 6.45) is -3.63. The van der Waals surface area contributed by atoms with Gasteiger partial charge in [-0.2, -0.15) is 0 Å². The van der Waals surface area contributed by atoms with E-state index in [9.17, 15) is 0 Å². The van der Waals surface area contributed by atoms with E-state index in [-0.39, 0.29) is 6.61 Å². The Kier molecular flexibility index (Phi) is 2.55. The molecular weight excluding hydrogens is 142 g/mol. The van der Waals surface area contributed by atoms with Gasteiger partial charge in [0.1, 0.15) is 0 Å². The third kappa shape index (κ3) is 1.87. The number of rotatable bonds is 1. The summed E-state index contributed by atoms with van der Waals surface area (Å²) >= 11 is 0. The van der Waals surface area contributed by atoms with E-state index in [1.54, 1.807) is 0 Å². The van der Waals surface area contributed by atoms with Gasteiger partial charge in [-0.05, 0) is 0 Å². The summed E-state index contributed by atoms with van der Waals surface area (Å²) in [5.41, 5.74) is 2.03. The van der Waals surface area contributed by atoms with Crippen molar-refractivity contribution >= 4 is 0 Å². The van der Waals surface area contributed by atoms with Gasteiger partial charge in [-0.25, -0.2) is 0 Å². The van der Waals surface area contributed by atoms with Crippen LogP contribution < -0.4 is 5.48 Å². The van der Waals surface area contributed by atoms with Crippen molar-refractivity contribution in [3.05, 3.63) is 0 Å². The van der Waals surface area contributed by atoms with Crippen molar-refractivity contribution in [2.45, 2.75) is 18.8 Å². The Bertz CT molecular complexity index is 99.8. The number of ether oxygens (including phenoxy) is 1. The van der Waals surface area contributed by atoms with E-state index in [2.05, 4.69) is 9.57 Å². The van der Waals surface area contributed by atoms with Gasteiger partial charge in [-0.15, -0.1) is 5.48 Å². The smallest absolute Gasteiger partial charge is 0.235 e. The molecule has 0 aliphatic carbocycles. The maximum absolute atomic E-state index is 8.59. The lowest BCUT2D eigenvalue weighted by molar-refractivity contribution is -0.304. The predicted molar refractivity (Wildman–Crippen MR) is 28.2 cm³/mol. The lowest BCUT2D eigenvalue weighted by Crippen LogP contribution is -2.48. The highest BCUT2D eigenvalue weighted by Crippen LogP contribution is 2.02. The molecule has 1 aliphatic rings. The summed E-state index contributed by atoms with van der Waals surface area (Å²) in [7, 11) is 0. The molecule has 2 unspecified atom stereocenters. The third-order valence-electron chi connectivity index (χ3n) is 1.07. The van der Waals surface area contributed by atoms with E-state index in [4.69, 9.17) is 15.3 Å². The maximum atomic E-state index is 8.59. The minimum atomic E-state index is -1.60. The molecule has 10 heavy (non-hydrogen) atoms. The minimum absolute atomic E-state index is 0.0498. The van der Waals surface area contributed by atoms with Crippen LogP contribution in [0, 0.1) is 0 Å². The standard InChI is InChI=1S/C4H9NO5/c6-3(7)2-1-9-4(8)5-10-2/h2-8H,1H2. The molecule has 1 fully saturated rings. The zero-order valence-corrected chi connectivity index (χ0v) is 5.10. The summed E-state index contributed by atoms with van der Waals surface area (Å²) in [5.74, 6) is 0. The Morgan fingerprint density at radius 1 is 1.50 bits per heavy atom. The van der Waals surface area contributed by atoms with E-state index in [0.717, 1.165) is 0 Å². The first-order valence-corrected chi connectivity index (χ1v) is 2.77. The first kappa shape index (κ1) is 7.86. The molecule has 0 amide bonds. The molecule has 0 aromatic rings. The summed E-state index contributed by atoms with van der Waals surface area (Å²) in [4.78, 5) is 4.53. The molecule has 0 bridgehead atoms. The summed E-state index contributed by atoms with van der Waals surface area (Å²) in [5, 5.41) is 25.6. The van der Waals surface area contributed by atoms with Crippen LogP contribution >= 0.6 is 0 Å². The normalized spacial score (nSPS) is 34.8. The van der Waals surface area contributed by atoms with Gasteiger partial charge in [-0.1, -0.05) is 0 Å². The van der Waals surface area contributed by atoms with Crippen molar-refractivity contribution in [1.29, 1.82) is 0 Å². The Hall–Kier alpha value is -0.240. The Morgan fingerprint density at radius 3 is 2.60 bits per heavy atom. The molecule has 6 nitrogen and oxygen atoms in total. The molecule has 2 atom stereocenters. The largest absolute Gasteiger partial charge is 0.366 e. The van der Waals surface area contributed by atoms with Crippen molar-refractivity contribution in [2.75, 3.05) is 6.61 Å². The fourth-order valence-corrected chi connectivity index (χ4v) is 0.547. The number of hydroxylamine groups is 1. The lowest BCUT2D eigenvalue weighted by Gasteiger charge is -2.27. The van der Waals surface area contributed by atoms with Gasteiger partial charge in [0.15, 0.2) is 12.4 Å². The summed E-state index contributed by atoms with van der Waals surface area (Å²) in [6, 6.07) is 0. The van der Waals surface area contributed by atoms with Crippen LogP contribution in [0.25, 0.3) is 0 Å². The Labute approximate surface area is 56.9 Å². The fourth-order valence-electron chi connectivity index (χ4n) is 0.547. The van der Waals surface area contributed by atoms with Crippen LogP contribution in [0.5, 0.6) is 0 Å². The van der Waals surface area contributed by atoms with Crippen LogP contribution in [0.2, 0.25) is 0 Å². The maximum Gasteiger partial charge on any atom is 0.235 e. The van der Waals surface area contributed by atoms with Crippen LogP contribution in [0.3, 0.4) is 0 Å². The van der Waals surface area contributed by atoms with E-state index >= 15 is 0 Å². The molecule has 0 radical (unpaired) electrons. The Morgan fingerprint density at radius 2 is 2.20 bits per heavy atom. The molecule has 1 saturated heterocycles. The van der Waals surface area contributed by atoms with E-state index in [1.165, 1.54) is 0 Å². The van der Waals surface area contributed by atoms with Crippen LogP contribution in [-0.2, 0) is 9.57 Å². The molecule has 1 heterocycles. The fraction of sp³-hybridized carbons (Fsp3) is 1.00. The molecular formula is C4H9NO5. The van der Waals surface area contributed by atoms with Gasteiger partial charge < -0.3 is 20.1 Å². The molecule has 4 N–H and O–H groups in total. The monoisotopic (exact) mass is 151 g/mol. The van der Waals surface area contributed by atoms with Crippen molar-refractivity contribution in [3.63, 3.8) is 0 Å². The lowest BCUT2D eigenvalue weighted by atomic mass is 10.4. The SMILES string of the molecule is OC1NOC(C(O)O)CO1. The summed E-state index contributed by atoms with van der Waals surface area (Å²) in [6.45, 7) is -0.0498. The van der Waals surface area contributed by atoms with Crippen LogP contribution in [0.4, 0.5) is 0 Å².